The lowest BCUT2D eigenvalue weighted by molar-refractivity contribution is -0.384. The molecule has 6 nitrogen and oxygen atoms in total. The van der Waals surface area contributed by atoms with Gasteiger partial charge in [0.1, 0.15) is 23.6 Å². The number of hydrogen-bond donors (Lipinski definition) is 0. The van der Waals surface area contributed by atoms with E-state index in [1.807, 2.05) is 0 Å². The molecule has 0 N–H and O–H groups in total. The number of para-hydroxylation sites is 1. The minimum Gasteiger partial charge on any atom is -0.458 e. The van der Waals surface area contributed by atoms with Gasteiger partial charge in [-0.15, -0.1) is 0 Å². The number of nitro benzene ring substituents is 1. The third kappa shape index (κ3) is 2.39. The van der Waals surface area contributed by atoms with Crippen molar-refractivity contribution >= 4 is 16.7 Å². The summed E-state index contributed by atoms with van der Waals surface area (Å²) < 4.78 is 11.3. The maximum atomic E-state index is 12.1. The highest BCUT2D eigenvalue weighted by Crippen LogP contribution is 2.51. The van der Waals surface area contributed by atoms with Gasteiger partial charge in [0.2, 0.25) is 0 Å². The zero-order chi connectivity index (χ0) is 16.0. The molecule has 0 bridgehead atoms. The van der Waals surface area contributed by atoms with Crippen molar-refractivity contribution in [3.8, 4) is 0 Å². The third-order valence-electron chi connectivity index (χ3n) is 3.86. The summed E-state index contributed by atoms with van der Waals surface area (Å²) in [6.45, 7) is 0. The average Bonchev–Trinajstić information content (AvgIpc) is 3.35. The highest BCUT2D eigenvalue weighted by atomic mass is 16.6. The van der Waals surface area contributed by atoms with Crippen LogP contribution >= 0.6 is 0 Å². The van der Waals surface area contributed by atoms with Crippen LogP contribution in [0.1, 0.15) is 23.5 Å². The number of nitro groups is 1. The van der Waals surface area contributed by atoms with Crippen LogP contribution in [0.4, 0.5) is 5.69 Å². The van der Waals surface area contributed by atoms with Gasteiger partial charge in [-0.1, -0.05) is 12.1 Å². The summed E-state index contributed by atoms with van der Waals surface area (Å²) in [6, 6.07) is 14.7. The first kappa shape index (κ1) is 13.7. The average molecular weight is 309 g/mol. The number of rotatable bonds is 3. The van der Waals surface area contributed by atoms with Crippen molar-refractivity contribution in [2.75, 3.05) is 0 Å². The van der Waals surface area contributed by atoms with E-state index in [9.17, 15) is 14.9 Å². The Morgan fingerprint density at radius 3 is 2.48 bits per heavy atom. The Hall–Kier alpha value is -2.99. The van der Waals surface area contributed by atoms with Crippen LogP contribution in [0.15, 0.2) is 63.8 Å². The Labute approximate surface area is 130 Å². The summed E-state index contributed by atoms with van der Waals surface area (Å²) in [5.41, 5.74) is 1.26. The second kappa shape index (κ2) is 5.03. The molecular formula is C17H11NO5. The Balaban J connectivity index is 1.64. The molecule has 114 valence electrons. The van der Waals surface area contributed by atoms with E-state index >= 15 is 0 Å². The SMILES string of the molecule is O=c1cc([C@@H]2O[C@@H]2c2ccc([N+](=O)[O-])cc2)oc2ccccc12. The van der Waals surface area contributed by atoms with Crippen LogP contribution in [0.3, 0.4) is 0 Å². The molecule has 0 unspecified atom stereocenters. The fourth-order valence-corrected chi connectivity index (χ4v) is 2.63. The lowest BCUT2D eigenvalue weighted by Gasteiger charge is -2.00. The first-order valence-electron chi connectivity index (χ1n) is 7.06. The van der Waals surface area contributed by atoms with Crippen LogP contribution in [-0.4, -0.2) is 4.92 Å². The van der Waals surface area contributed by atoms with E-state index in [1.54, 1.807) is 36.4 Å². The van der Waals surface area contributed by atoms with Gasteiger partial charge in [0, 0.05) is 18.2 Å². The van der Waals surface area contributed by atoms with Crippen molar-refractivity contribution in [1.29, 1.82) is 0 Å². The number of fused-ring (bicyclic) bond motifs is 1. The smallest absolute Gasteiger partial charge is 0.269 e. The van der Waals surface area contributed by atoms with Crippen molar-refractivity contribution in [3.63, 3.8) is 0 Å². The van der Waals surface area contributed by atoms with Crippen LogP contribution in [0.25, 0.3) is 11.0 Å². The molecule has 2 atom stereocenters. The van der Waals surface area contributed by atoms with E-state index in [2.05, 4.69) is 0 Å². The summed E-state index contributed by atoms with van der Waals surface area (Å²) in [5.74, 6) is 0.469. The van der Waals surface area contributed by atoms with Crippen molar-refractivity contribution < 1.29 is 14.1 Å². The Morgan fingerprint density at radius 2 is 1.74 bits per heavy atom. The lowest BCUT2D eigenvalue weighted by atomic mass is 10.1. The number of ether oxygens (including phenoxy) is 1. The van der Waals surface area contributed by atoms with E-state index in [0.29, 0.717) is 16.7 Å². The van der Waals surface area contributed by atoms with Gasteiger partial charge in [0.05, 0.1) is 10.3 Å². The second-order valence-corrected chi connectivity index (χ2v) is 5.34. The van der Waals surface area contributed by atoms with E-state index in [1.165, 1.54) is 18.2 Å². The first-order chi connectivity index (χ1) is 11.1. The normalized spacial score (nSPS) is 19.7. The summed E-state index contributed by atoms with van der Waals surface area (Å²) in [4.78, 5) is 22.3. The molecule has 1 fully saturated rings. The second-order valence-electron chi connectivity index (χ2n) is 5.34. The third-order valence-corrected chi connectivity index (χ3v) is 3.86. The minimum absolute atomic E-state index is 0.0307. The van der Waals surface area contributed by atoms with Crippen molar-refractivity contribution in [3.05, 3.63) is 86.3 Å². The van der Waals surface area contributed by atoms with Crippen molar-refractivity contribution in [2.45, 2.75) is 12.2 Å². The van der Waals surface area contributed by atoms with Gasteiger partial charge in [-0.2, -0.15) is 0 Å². The number of non-ortho nitro benzene ring substituents is 1. The van der Waals surface area contributed by atoms with Gasteiger partial charge < -0.3 is 9.15 Å². The number of benzene rings is 2. The maximum Gasteiger partial charge on any atom is 0.269 e. The van der Waals surface area contributed by atoms with Crippen molar-refractivity contribution in [2.24, 2.45) is 0 Å². The van der Waals surface area contributed by atoms with Gasteiger partial charge in [0.25, 0.3) is 5.69 Å². The zero-order valence-corrected chi connectivity index (χ0v) is 11.8. The molecule has 6 heteroatoms. The van der Waals surface area contributed by atoms with Gasteiger partial charge in [-0.25, -0.2) is 0 Å². The molecule has 0 amide bonds. The molecule has 1 saturated heterocycles. The van der Waals surface area contributed by atoms with Gasteiger partial charge in [-0.3, -0.25) is 14.9 Å². The predicted molar refractivity (Wildman–Crippen MR) is 82.1 cm³/mol. The van der Waals surface area contributed by atoms with Crippen molar-refractivity contribution in [1.82, 2.24) is 0 Å². The highest BCUT2D eigenvalue weighted by Gasteiger charge is 2.44. The summed E-state index contributed by atoms with van der Waals surface area (Å²) in [6.07, 6.45) is -0.589. The molecule has 3 aromatic rings. The largest absolute Gasteiger partial charge is 0.458 e. The van der Waals surface area contributed by atoms with E-state index in [4.69, 9.17) is 9.15 Å². The van der Waals surface area contributed by atoms with Crippen LogP contribution < -0.4 is 5.43 Å². The quantitative estimate of drug-likeness (QED) is 0.420. The van der Waals surface area contributed by atoms with Crippen LogP contribution in [0.5, 0.6) is 0 Å². The van der Waals surface area contributed by atoms with E-state index < -0.39 is 4.92 Å². The fraction of sp³-hybridized carbons (Fsp3) is 0.118. The first-order valence-corrected chi connectivity index (χ1v) is 7.06. The van der Waals surface area contributed by atoms with Gasteiger partial charge >= 0.3 is 0 Å². The fourth-order valence-electron chi connectivity index (χ4n) is 2.63. The van der Waals surface area contributed by atoms with Gasteiger partial charge in [0.15, 0.2) is 5.43 Å². The van der Waals surface area contributed by atoms with E-state index in [0.717, 1.165) is 5.56 Å². The summed E-state index contributed by atoms with van der Waals surface area (Å²) in [7, 11) is 0. The molecule has 2 heterocycles. The Morgan fingerprint density at radius 1 is 1.00 bits per heavy atom. The lowest BCUT2D eigenvalue weighted by Crippen LogP contribution is -2.01. The topological polar surface area (TPSA) is 85.9 Å². The molecule has 2 aromatic carbocycles. The van der Waals surface area contributed by atoms with Crippen LogP contribution in [-0.2, 0) is 4.74 Å². The molecule has 0 aliphatic carbocycles. The molecule has 0 saturated carbocycles. The summed E-state index contributed by atoms with van der Waals surface area (Å²) in [5, 5.41) is 11.2. The molecule has 1 aliphatic heterocycles. The molecular weight excluding hydrogens is 298 g/mol. The number of hydrogen-bond acceptors (Lipinski definition) is 5. The molecule has 23 heavy (non-hydrogen) atoms. The zero-order valence-electron chi connectivity index (χ0n) is 11.8. The maximum absolute atomic E-state index is 12.1. The molecule has 1 aliphatic rings. The minimum atomic E-state index is -0.447. The molecule has 4 rings (SSSR count). The Kier molecular flexibility index (Phi) is 2.99. The molecule has 1 aromatic heterocycles. The van der Waals surface area contributed by atoms with Crippen LogP contribution in [0, 0.1) is 10.1 Å². The highest BCUT2D eigenvalue weighted by molar-refractivity contribution is 5.76. The Bertz CT molecular complexity index is 961. The monoisotopic (exact) mass is 309 g/mol. The summed E-state index contributed by atoms with van der Waals surface area (Å²) >= 11 is 0. The standard InChI is InChI=1S/C17H11NO5/c19-13-9-15(22-14-4-2-1-3-12(13)14)17-16(23-17)10-5-7-11(8-6-10)18(20)21/h1-9,16-17H/t16-,17+/m1/s1. The number of epoxide rings is 1. The van der Waals surface area contributed by atoms with Crippen LogP contribution in [0.2, 0.25) is 0 Å². The molecule has 0 radical (unpaired) electrons. The predicted octanol–water partition coefficient (Wildman–Crippen LogP) is 3.51. The molecule has 0 spiro atoms. The van der Waals surface area contributed by atoms with E-state index in [-0.39, 0.29) is 23.3 Å². The van der Waals surface area contributed by atoms with Gasteiger partial charge in [-0.05, 0) is 29.8 Å². The number of nitrogens with zero attached hydrogens (tertiary/aromatic N) is 1.